The van der Waals surface area contributed by atoms with E-state index in [-0.39, 0.29) is 5.78 Å². The molecule has 2 fully saturated rings. The van der Waals surface area contributed by atoms with Gasteiger partial charge in [-0.2, -0.15) is 0 Å². The summed E-state index contributed by atoms with van der Waals surface area (Å²) in [6.45, 7) is 12.2. The van der Waals surface area contributed by atoms with E-state index in [1.54, 1.807) is 6.92 Å². The lowest BCUT2D eigenvalue weighted by atomic mass is 9.72. The van der Waals surface area contributed by atoms with Crippen LogP contribution in [0.15, 0.2) is 12.1 Å². The summed E-state index contributed by atoms with van der Waals surface area (Å²) < 4.78 is 0. The Bertz CT molecular complexity index is 525. The number of carbonyl (C=O) groups is 1. The molecule has 0 saturated carbocycles. The highest BCUT2D eigenvalue weighted by Crippen LogP contribution is 2.40. The molecule has 1 spiro atoms. The average molecular weight is 303 g/mol. The Labute approximate surface area is 134 Å². The van der Waals surface area contributed by atoms with E-state index in [1.807, 2.05) is 26.0 Å². The lowest BCUT2D eigenvalue weighted by molar-refractivity contribution is 0.00119. The summed E-state index contributed by atoms with van der Waals surface area (Å²) in [5, 5.41) is 0. The van der Waals surface area contributed by atoms with Crippen molar-refractivity contribution in [3.63, 3.8) is 0 Å². The number of hydrogen-bond donors (Lipinski definition) is 0. The average Bonchev–Trinajstić information content (AvgIpc) is 2.49. The molecule has 3 heterocycles. The van der Waals surface area contributed by atoms with Crippen molar-refractivity contribution in [3.8, 4) is 0 Å². The molecule has 22 heavy (non-hydrogen) atoms. The summed E-state index contributed by atoms with van der Waals surface area (Å²) in [4.78, 5) is 20.8. The molecule has 2 saturated heterocycles. The van der Waals surface area contributed by atoms with Crippen molar-refractivity contribution in [3.05, 3.63) is 23.4 Å². The largest absolute Gasteiger partial charge is 0.356 e. The molecule has 3 rings (SSSR count). The first-order valence-corrected chi connectivity index (χ1v) is 8.41. The van der Waals surface area contributed by atoms with E-state index < -0.39 is 0 Å². The predicted molar refractivity (Wildman–Crippen MR) is 91.7 cm³/mol. The Balaban J connectivity index is 0.000000847. The molecule has 2 aliphatic rings. The molecule has 4 heteroatoms. The summed E-state index contributed by atoms with van der Waals surface area (Å²) in [7, 11) is 2.19. The zero-order valence-corrected chi connectivity index (χ0v) is 14.6. The molecule has 0 radical (unpaired) electrons. The van der Waals surface area contributed by atoms with Crippen molar-refractivity contribution in [2.45, 2.75) is 40.5 Å². The highest BCUT2D eigenvalue weighted by molar-refractivity contribution is 5.92. The SMILES string of the molecule is CC.CC(=O)c1ccc(C)c(N2CCC3(CC2)CN(C)C3)n1. The Morgan fingerprint density at radius 3 is 2.27 bits per heavy atom. The number of likely N-dealkylation sites (tertiary alicyclic amines) is 1. The molecule has 0 aliphatic carbocycles. The molecular weight excluding hydrogens is 274 g/mol. The lowest BCUT2D eigenvalue weighted by Gasteiger charge is -2.53. The standard InChI is InChI=1S/C16H23N3O.C2H6/c1-12-4-5-14(13(2)20)17-15(12)19-8-6-16(7-9-19)10-18(3)11-16;1-2/h4-5H,6-11H2,1-3H3;1-2H3. The molecular formula is C18H29N3O. The van der Waals surface area contributed by atoms with Gasteiger partial charge in [0.15, 0.2) is 5.78 Å². The number of pyridine rings is 1. The van der Waals surface area contributed by atoms with Gasteiger partial charge in [-0.05, 0) is 43.9 Å². The lowest BCUT2D eigenvalue weighted by Crippen LogP contribution is -2.58. The summed E-state index contributed by atoms with van der Waals surface area (Å²) in [5.74, 6) is 1.04. The summed E-state index contributed by atoms with van der Waals surface area (Å²) in [5.41, 5.74) is 2.29. The molecule has 0 atom stereocenters. The maximum absolute atomic E-state index is 11.5. The van der Waals surface area contributed by atoms with Crippen molar-refractivity contribution < 1.29 is 4.79 Å². The first-order valence-electron chi connectivity index (χ1n) is 8.41. The number of hydrogen-bond acceptors (Lipinski definition) is 4. The fourth-order valence-electron chi connectivity index (χ4n) is 3.64. The van der Waals surface area contributed by atoms with Crippen LogP contribution in [-0.4, -0.2) is 48.9 Å². The number of piperidine rings is 1. The normalized spacial score (nSPS) is 20.1. The van der Waals surface area contributed by atoms with E-state index in [2.05, 4.69) is 28.8 Å². The Hall–Kier alpha value is -1.42. The molecule has 4 nitrogen and oxygen atoms in total. The molecule has 0 N–H and O–H groups in total. The van der Waals surface area contributed by atoms with E-state index in [4.69, 9.17) is 0 Å². The third-order valence-electron chi connectivity index (χ3n) is 4.77. The van der Waals surface area contributed by atoms with Crippen molar-refractivity contribution in [1.29, 1.82) is 0 Å². The second-order valence-electron chi connectivity index (χ2n) is 6.55. The van der Waals surface area contributed by atoms with Crippen molar-refractivity contribution in [2.24, 2.45) is 5.41 Å². The fourth-order valence-corrected chi connectivity index (χ4v) is 3.64. The van der Waals surface area contributed by atoms with E-state index in [1.165, 1.54) is 25.9 Å². The van der Waals surface area contributed by atoms with Crippen LogP contribution in [0.2, 0.25) is 0 Å². The van der Waals surface area contributed by atoms with Gasteiger partial charge in [-0.1, -0.05) is 19.9 Å². The van der Waals surface area contributed by atoms with Crippen LogP contribution in [-0.2, 0) is 0 Å². The number of aryl methyl sites for hydroxylation is 1. The summed E-state index contributed by atoms with van der Waals surface area (Å²) in [6, 6.07) is 3.84. The third kappa shape index (κ3) is 3.32. The molecule has 122 valence electrons. The molecule has 2 aliphatic heterocycles. The number of nitrogens with zero attached hydrogens (tertiary/aromatic N) is 3. The maximum Gasteiger partial charge on any atom is 0.178 e. The topological polar surface area (TPSA) is 36.4 Å². The second-order valence-corrected chi connectivity index (χ2v) is 6.55. The first kappa shape index (κ1) is 16.9. The van der Waals surface area contributed by atoms with Crippen LogP contribution in [0.1, 0.15) is 49.7 Å². The van der Waals surface area contributed by atoms with Gasteiger partial charge in [0.25, 0.3) is 0 Å². The molecule has 0 aromatic carbocycles. The van der Waals surface area contributed by atoms with Crippen molar-refractivity contribution >= 4 is 11.6 Å². The molecule has 0 amide bonds. The van der Waals surface area contributed by atoms with E-state index >= 15 is 0 Å². The zero-order valence-electron chi connectivity index (χ0n) is 14.6. The minimum atomic E-state index is 0.0420. The number of ketones is 1. The second kappa shape index (κ2) is 6.78. The van der Waals surface area contributed by atoms with E-state index in [9.17, 15) is 4.79 Å². The Morgan fingerprint density at radius 1 is 1.18 bits per heavy atom. The highest BCUT2D eigenvalue weighted by atomic mass is 16.1. The fraction of sp³-hybridized carbons (Fsp3) is 0.667. The number of rotatable bonds is 2. The Morgan fingerprint density at radius 2 is 1.77 bits per heavy atom. The van der Waals surface area contributed by atoms with Crippen LogP contribution in [0, 0.1) is 12.3 Å². The van der Waals surface area contributed by atoms with Crippen LogP contribution in [0.4, 0.5) is 5.82 Å². The minimum absolute atomic E-state index is 0.0420. The predicted octanol–water partition coefficient (Wildman–Crippen LogP) is 3.15. The van der Waals surface area contributed by atoms with Crippen LogP contribution in [0.5, 0.6) is 0 Å². The van der Waals surface area contributed by atoms with Gasteiger partial charge in [0, 0.05) is 33.1 Å². The molecule has 1 aromatic heterocycles. The number of carbonyl (C=O) groups excluding carboxylic acids is 1. The van der Waals surface area contributed by atoms with Gasteiger partial charge in [0.1, 0.15) is 11.5 Å². The van der Waals surface area contributed by atoms with Crippen molar-refractivity contribution in [2.75, 3.05) is 38.1 Å². The quantitative estimate of drug-likeness (QED) is 0.786. The monoisotopic (exact) mass is 303 g/mol. The van der Waals surface area contributed by atoms with Gasteiger partial charge in [-0.3, -0.25) is 4.79 Å². The van der Waals surface area contributed by atoms with E-state index in [0.29, 0.717) is 11.1 Å². The number of Topliss-reactive ketones (excluding diaryl/α,β-unsaturated/α-hetero) is 1. The number of aromatic nitrogens is 1. The highest BCUT2D eigenvalue weighted by Gasteiger charge is 2.43. The zero-order chi connectivity index (χ0) is 16.3. The summed E-state index contributed by atoms with van der Waals surface area (Å²) in [6.07, 6.45) is 2.48. The van der Waals surface area contributed by atoms with Gasteiger partial charge in [0.2, 0.25) is 0 Å². The summed E-state index contributed by atoms with van der Waals surface area (Å²) >= 11 is 0. The molecule has 1 aromatic rings. The van der Waals surface area contributed by atoms with Crippen LogP contribution in [0.25, 0.3) is 0 Å². The number of anilines is 1. The van der Waals surface area contributed by atoms with Gasteiger partial charge in [-0.25, -0.2) is 4.98 Å². The molecule has 0 unspecified atom stereocenters. The Kier molecular flexibility index (Phi) is 5.22. The third-order valence-corrected chi connectivity index (χ3v) is 4.77. The maximum atomic E-state index is 11.5. The van der Waals surface area contributed by atoms with Gasteiger partial charge in [0.05, 0.1) is 0 Å². The van der Waals surface area contributed by atoms with Gasteiger partial charge >= 0.3 is 0 Å². The minimum Gasteiger partial charge on any atom is -0.356 e. The van der Waals surface area contributed by atoms with Crippen molar-refractivity contribution in [1.82, 2.24) is 9.88 Å². The first-order chi connectivity index (χ1) is 10.5. The van der Waals surface area contributed by atoms with Crippen LogP contribution >= 0.6 is 0 Å². The van der Waals surface area contributed by atoms with Gasteiger partial charge < -0.3 is 9.80 Å². The van der Waals surface area contributed by atoms with Crippen LogP contribution < -0.4 is 4.90 Å². The van der Waals surface area contributed by atoms with Crippen LogP contribution in [0.3, 0.4) is 0 Å². The van der Waals surface area contributed by atoms with E-state index in [0.717, 1.165) is 24.5 Å². The molecule has 0 bridgehead atoms. The van der Waals surface area contributed by atoms with Gasteiger partial charge in [-0.15, -0.1) is 0 Å². The smallest absolute Gasteiger partial charge is 0.178 e.